The van der Waals surface area contributed by atoms with Gasteiger partial charge in [0.1, 0.15) is 12.3 Å². The topological polar surface area (TPSA) is 122 Å². The molecule has 2 N–H and O–H groups in total. The van der Waals surface area contributed by atoms with Gasteiger partial charge in [0.05, 0.1) is 27.6 Å². The number of amides is 1. The number of methoxy groups -OCH3 is 1. The van der Waals surface area contributed by atoms with Crippen molar-refractivity contribution in [2.24, 2.45) is 0 Å². The lowest BCUT2D eigenvalue weighted by Crippen LogP contribution is -2.38. The first-order valence-electron chi connectivity index (χ1n) is 12.0. The molecule has 0 radical (unpaired) electrons. The van der Waals surface area contributed by atoms with Gasteiger partial charge < -0.3 is 10.1 Å². The maximum atomic E-state index is 13.6. The maximum absolute atomic E-state index is 13.6. The summed E-state index contributed by atoms with van der Waals surface area (Å²) in [6.45, 7) is 1.25. The molecule has 0 heterocycles. The Bertz CT molecular complexity index is 1770. The summed E-state index contributed by atoms with van der Waals surface area (Å²) >= 11 is 9.56. The number of benzene rings is 4. The molecule has 9 nitrogen and oxygen atoms in total. The predicted octanol–water partition coefficient (Wildman–Crippen LogP) is 6.05. The Morgan fingerprint density at radius 1 is 0.854 bits per heavy atom. The minimum atomic E-state index is -4.17. The summed E-state index contributed by atoms with van der Waals surface area (Å²) in [7, 11) is -6.62. The fourth-order valence-electron chi connectivity index (χ4n) is 3.74. The van der Waals surface area contributed by atoms with Crippen LogP contribution in [-0.4, -0.2) is 36.4 Å². The van der Waals surface area contributed by atoms with Gasteiger partial charge in [0, 0.05) is 15.8 Å². The normalized spacial score (nSPS) is 11.5. The molecule has 0 saturated carbocycles. The number of halogens is 2. The first kappa shape index (κ1) is 30.4. The highest BCUT2D eigenvalue weighted by Crippen LogP contribution is 2.32. The molecule has 0 bridgehead atoms. The number of hydrogen-bond donors (Lipinski definition) is 2. The van der Waals surface area contributed by atoms with Crippen molar-refractivity contribution in [3.63, 3.8) is 0 Å². The summed E-state index contributed by atoms with van der Waals surface area (Å²) in [5.74, 6) is -0.312. The summed E-state index contributed by atoms with van der Waals surface area (Å²) in [5, 5.41) is 2.79. The average Bonchev–Trinajstić information content (AvgIpc) is 2.93. The number of aryl methyl sites for hydroxylation is 1. The smallest absolute Gasteiger partial charge is 0.264 e. The van der Waals surface area contributed by atoms with E-state index in [2.05, 4.69) is 26.0 Å². The molecule has 0 aliphatic carbocycles. The molecule has 4 rings (SSSR count). The van der Waals surface area contributed by atoms with Crippen LogP contribution in [0.15, 0.2) is 105 Å². The third kappa shape index (κ3) is 7.39. The summed E-state index contributed by atoms with van der Waals surface area (Å²) < 4.78 is 62.2. The van der Waals surface area contributed by atoms with Crippen molar-refractivity contribution in [3.8, 4) is 5.75 Å². The Morgan fingerprint density at radius 3 is 2.02 bits per heavy atom. The highest BCUT2D eigenvalue weighted by molar-refractivity contribution is 9.10. The molecule has 0 aliphatic rings. The Kier molecular flexibility index (Phi) is 9.27. The molecule has 0 fully saturated rings. The summed E-state index contributed by atoms with van der Waals surface area (Å²) in [6.07, 6.45) is 0. The SMILES string of the molecule is COc1ccc(N(CC(=O)Nc2ccc(S(=O)(=O)Nc3ccc(Br)cc3)cc2)S(=O)(=O)c2ccc(C)cc2)cc1Cl. The minimum absolute atomic E-state index is 0.00401. The van der Waals surface area contributed by atoms with Gasteiger partial charge in [-0.05, 0) is 85.8 Å². The molecule has 1 amide bonds. The van der Waals surface area contributed by atoms with Crippen LogP contribution in [0.3, 0.4) is 0 Å². The number of rotatable bonds is 10. The van der Waals surface area contributed by atoms with E-state index in [4.69, 9.17) is 16.3 Å². The number of sulfonamides is 2. The summed E-state index contributed by atoms with van der Waals surface area (Å²) in [6, 6.07) is 22.8. The van der Waals surface area contributed by atoms with E-state index in [1.807, 2.05) is 6.92 Å². The zero-order valence-corrected chi connectivity index (χ0v) is 25.8. The molecule has 214 valence electrons. The highest BCUT2D eigenvalue weighted by Gasteiger charge is 2.28. The van der Waals surface area contributed by atoms with E-state index in [0.29, 0.717) is 11.4 Å². The molecular formula is C28H25BrClN3O6S2. The van der Waals surface area contributed by atoms with Crippen molar-refractivity contribution < 1.29 is 26.4 Å². The standard InChI is InChI=1S/C28H25BrClN3O6S2/c1-19-3-12-25(13-4-19)41(37,38)33(23-11-16-27(39-2)26(30)17-23)18-28(34)31-21-9-14-24(15-10-21)40(35,36)32-22-7-5-20(29)6-8-22/h3-17,32H,18H2,1-2H3,(H,31,34). The third-order valence-corrected chi connectivity index (χ3v) is 9.87. The van der Waals surface area contributed by atoms with Gasteiger partial charge >= 0.3 is 0 Å². The van der Waals surface area contributed by atoms with Crippen molar-refractivity contribution in [3.05, 3.63) is 106 Å². The van der Waals surface area contributed by atoms with E-state index in [0.717, 1.165) is 14.3 Å². The van der Waals surface area contributed by atoms with Gasteiger partial charge in [-0.3, -0.25) is 13.8 Å². The Balaban J connectivity index is 1.55. The van der Waals surface area contributed by atoms with Gasteiger partial charge in [-0.1, -0.05) is 45.2 Å². The number of ether oxygens (including phenoxy) is 1. The molecular weight excluding hydrogens is 654 g/mol. The molecule has 0 aliphatic heterocycles. The van der Waals surface area contributed by atoms with Crippen LogP contribution < -0.4 is 19.1 Å². The number of anilines is 3. The van der Waals surface area contributed by atoms with Crippen molar-refractivity contribution >= 4 is 70.5 Å². The second-order valence-electron chi connectivity index (χ2n) is 8.83. The molecule has 41 heavy (non-hydrogen) atoms. The van der Waals surface area contributed by atoms with Crippen molar-refractivity contribution in [1.29, 1.82) is 0 Å². The number of hydrogen-bond acceptors (Lipinski definition) is 6. The molecule has 4 aromatic carbocycles. The van der Waals surface area contributed by atoms with Gasteiger partial charge in [0.25, 0.3) is 20.0 Å². The Morgan fingerprint density at radius 2 is 1.44 bits per heavy atom. The molecule has 0 atom stereocenters. The van der Waals surface area contributed by atoms with E-state index >= 15 is 0 Å². The van der Waals surface area contributed by atoms with E-state index < -0.39 is 32.5 Å². The fourth-order valence-corrected chi connectivity index (χ4v) is 6.73. The third-order valence-electron chi connectivity index (χ3n) is 5.86. The van der Waals surface area contributed by atoms with Crippen molar-refractivity contribution in [2.45, 2.75) is 16.7 Å². The highest BCUT2D eigenvalue weighted by atomic mass is 79.9. The monoisotopic (exact) mass is 677 g/mol. The average molecular weight is 679 g/mol. The lowest BCUT2D eigenvalue weighted by Gasteiger charge is -2.24. The van der Waals surface area contributed by atoms with Gasteiger partial charge in [0.2, 0.25) is 5.91 Å². The zero-order chi connectivity index (χ0) is 29.8. The number of carbonyl (C=O) groups excluding carboxylic acids is 1. The predicted molar refractivity (Wildman–Crippen MR) is 164 cm³/mol. The minimum Gasteiger partial charge on any atom is -0.495 e. The maximum Gasteiger partial charge on any atom is 0.264 e. The fraction of sp³-hybridized carbons (Fsp3) is 0.107. The van der Waals surface area contributed by atoms with E-state index in [1.165, 1.54) is 61.7 Å². The van der Waals surface area contributed by atoms with Crippen LogP contribution in [0.25, 0.3) is 0 Å². The molecule has 4 aromatic rings. The largest absolute Gasteiger partial charge is 0.495 e. The van der Waals surface area contributed by atoms with Crippen LogP contribution in [0.1, 0.15) is 5.56 Å². The number of nitrogens with one attached hydrogen (secondary N) is 2. The van der Waals surface area contributed by atoms with Gasteiger partial charge in [0.15, 0.2) is 0 Å². The first-order valence-corrected chi connectivity index (χ1v) is 16.1. The second-order valence-corrected chi connectivity index (χ2v) is 13.7. The molecule has 0 spiro atoms. The lowest BCUT2D eigenvalue weighted by atomic mass is 10.2. The molecule has 0 aromatic heterocycles. The van der Waals surface area contributed by atoms with Gasteiger partial charge in [-0.2, -0.15) is 0 Å². The van der Waals surface area contributed by atoms with E-state index in [1.54, 1.807) is 36.4 Å². The van der Waals surface area contributed by atoms with Crippen LogP contribution in [-0.2, 0) is 24.8 Å². The van der Waals surface area contributed by atoms with Gasteiger partial charge in [-0.15, -0.1) is 0 Å². The molecule has 0 unspecified atom stereocenters. The van der Waals surface area contributed by atoms with Crippen LogP contribution in [0.4, 0.5) is 17.1 Å². The first-order chi connectivity index (χ1) is 19.4. The summed E-state index contributed by atoms with van der Waals surface area (Å²) in [5.41, 5.74) is 1.70. The van der Waals surface area contributed by atoms with E-state index in [9.17, 15) is 21.6 Å². The lowest BCUT2D eigenvalue weighted by molar-refractivity contribution is -0.114. The van der Waals surface area contributed by atoms with Gasteiger partial charge in [-0.25, -0.2) is 16.8 Å². The van der Waals surface area contributed by atoms with Crippen molar-refractivity contribution in [1.82, 2.24) is 0 Å². The number of nitrogens with zero attached hydrogens (tertiary/aromatic N) is 1. The van der Waals surface area contributed by atoms with Crippen LogP contribution >= 0.6 is 27.5 Å². The van der Waals surface area contributed by atoms with E-state index in [-0.39, 0.29) is 26.2 Å². The zero-order valence-electron chi connectivity index (χ0n) is 21.8. The quantitative estimate of drug-likeness (QED) is 0.211. The number of carbonyl (C=O) groups is 1. The Hall–Kier alpha value is -3.58. The van der Waals surface area contributed by atoms with Crippen LogP contribution in [0, 0.1) is 6.92 Å². The van der Waals surface area contributed by atoms with Crippen molar-refractivity contribution in [2.75, 3.05) is 28.0 Å². The van der Waals surface area contributed by atoms with Crippen LogP contribution in [0.2, 0.25) is 5.02 Å². The molecule has 13 heteroatoms. The van der Waals surface area contributed by atoms with Crippen LogP contribution in [0.5, 0.6) is 5.75 Å². The summed E-state index contributed by atoms with van der Waals surface area (Å²) in [4.78, 5) is 13.1. The second kappa shape index (κ2) is 12.5. The Labute approximate surface area is 252 Å². The molecule has 0 saturated heterocycles.